The molecular weight excluding hydrogens is 310 g/mol. The third-order valence-electron chi connectivity index (χ3n) is 4.18. The van der Waals surface area contributed by atoms with Crippen LogP contribution < -0.4 is 0 Å². The van der Waals surface area contributed by atoms with Gasteiger partial charge in [-0.1, -0.05) is 18.2 Å². The first-order valence-electron chi connectivity index (χ1n) is 7.68. The van der Waals surface area contributed by atoms with Gasteiger partial charge in [0.1, 0.15) is 12.3 Å². The zero-order chi connectivity index (χ0) is 16.4. The van der Waals surface area contributed by atoms with Crippen molar-refractivity contribution < 1.29 is 14.3 Å². The van der Waals surface area contributed by atoms with Gasteiger partial charge < -0.3 is 9.72 Å². The molecule has 120 valence electrons. The quantitative estimate of drug-likeness (QED) is 0.680. The maximum Gasteiger partial charge on any atom is 0.355 e. The summed E-state index contributed by atoms with van der Waals surface area (Å²) in [4.78, 5) is 29.1. The monoisotopic (exact) mass is 329 g/mol. The highest BCUT2D eigenvalue weighted by atomic mass is 32.1. The Morgan fingerprint density at radius 1 is 1.48 bits per heavy atom. The Hall–Kier alpha value is -2.14. The number of hydrogen-bond donors (Lipinski definition) is 1. The number of ketones is 1. The van der Waals surface area contributed by atoms with Crippen molar-refractivity contribution in [1.82, 2.24) is 4.98 Å². The molecule has 23 heavy (non-hydrogen) atoms. The van der Waals surface area contributed by atoms with Gasteiger partial charge in [-0.2, -0.15) is 0 Å². The van der Waals surface area contributed by atoms with E-state index in [-0.39, 0.29) is 18.3 Å². The van der Waals surface area contributed by atoms with E-state index in [0.29, 0.717) is 23.2 Å². The van der Waals surface area contributed by atoms with Gasteiger partial charge in [-0.3, -0.25) is 4.79 Å². The first-order chi connectivity index (χ1) is 11.1. The largest absolute Gasteiger partial charge is 0.457 e. The van der Waals surface area contributed by atoms with Crippen molar-refractivity contribution in [3.63, 3.8) is 0 Å². The number of carbonyl (C=O) groups is 2. The molecule has 0 bridgehead atoms. The number of thiophene rings is 1. The van der Waals surface area contributed by atoms with E-state index in [0.717, 1.165) is 12.1 Å². The summed E-state index contributed by atoms with van der Waals surface area (Å²) >= 11 is 1.67. The number of hydrogen-bond acceptors (Lipinski definition) is 4. The van der Waals surface area contributed by atoms with E-state index < -0.39 is 5.97 Å². The molecular formula is C18H19NO3S. The lowest BCUT2D eigenvalue weighted by atomic mass is 9.84. The molecule has 2 heterocycles. The summed E-state index contributed by atoms with van der Waals surface area (Å²) in [6.45, 7) is 3.92. The SMILES string of the molecule is C/C=C/COC(=O)c1[nH]c2c(c1C)C(=O)CC(c1cccs1)C2. The zero-order valence-corrected chi connectivity index (χ0v) is 14.0. The minimum atomic E-state index is -0.407. The molecule has 2 aromatic rings. The zero-order valence-electron chi connectivity index (χ0n) is 13.2. The molecule has 4 nitrogen and oxygen atoms in total. The molecule has 0 saturated heterocycles. The Kier molecular flexibility index (Phi) is 4.48. The Morgan fingerprint density at radius 2 is 2.30 bits per heavy atom. The molecule has 5 heteroatoms. The second-order valence-electron chi connectivity index (χ2n) is 5.69. The second kappa shape index (κ2) is 6.54. The normalized spacial score (nSPS) is 17.5. The minimum Gasteiger partial charge on any atom is -0.457 e. The van der Waals surface area contributed by atoms with Crippen LogP contribution in [0.3, 0.4) is 0 Å². The fourth-order valence-corrected chi connectivity index (χ4v) is 3.88. The van der Waals surface area contributed by atoms with E-state index in [4.69, 9.17) is 4.74 Å². The number of H-pyrrole nitrogens is 1. The lowest BCUT2D eigenvalue weighted by molar-refractivity contribution is 0.0542. The standard InChI is InChI=1S/C18H19NO3S/c1-3-4-7-22-18(21)17-11(2)16-13(19-17)9-12(10-14(16)20)15-6-5-8-23-15/h3-6,8,12,19H,7,9-10H2,1-2H3/b4-3+. The molecule has 0 saturated carbocycles. The number of esters is 1. The van der Waals surface area contributed by atoms with Crippen LogP contribution in [0.4, 0.5) is 0 Å². The summed E-state index contributed by atoms with van der Waals surface area (Å²) in [6, 6.07) is 4.07. The third-order valence-corrected chi connectivity index (χ3v) is 5.22. The Labute approximate surface area is 139 Å². The first-order valence-corrected chi connectivity index (χ1v) is 8.56. The summed E-state index contributed by atoms with van der Waals surface area (Å²) in [5, 5.41) is 2.03. The van der Waals surface area contributed by atoms with Crippen molar-refractivity contribution in [2.24, 2.45) is 0 Å². The maximum absolute atomic E-state index is 12.5. The molecule has 3 rings (SSSR count). The van der Waals surface area contributed by atoms with E-state index in [9.17, 15) is 9.59 Å². The van der Waals surface area contributed by atoms with Gasteiger partial charge in [0.25, 0.3) is 0 Å². The van der Waals surface area contributed by atoms with Crippen molar-refractivity contribution in [1.29, 1.82) is 0 Å². The lowest BCUT2D eigenvalue weighted by Crippen LogP contribution is -2.17. The number of ether oxygens (including phenoxy) is 1. The van der Waals surface area contributed by atoms with Gasteiger partial charge in [-0.25, -0.2) is 4.79 Å². The number of carbonyl (C=O) groups excluding carboxylic acids is 2. The van der Waals surface area contributed by atoms with Crippen LogP contribution in [-0.4, -0.2) is 23.3 Å². The predicted octanol–water partition coefficient (Wildman–Crippen LogP) is 4.03. The molecule has 2 aromatic heterocycles. The fraction of sp³-hybridized carbons (Fsp3) is 0.333. The molecule has 0 aromatic carbocycles. The second-order valence-corrected chi connectivity index (χ2v) is 6.67. The summed E-state index contributed by atoms with van der Waals surface area (Å²) in [5.41, 5.74) is 2.64. The number of aromatic nitrogens is 1. The van der Waals surface area contributed by atoms with Crippen molar-refractivity contribution in [2.45, 2.75) is 32.6 Å². The Balaban J connectivity index is 1.87. The first kappa shape index (κ1) is 15.7. The number of fused-ring (bicyclic) bond motifs is 1. The number of Topliss-reactive ketones (excluding diaryl/α,β-unsaturated/α-hetero) is 1. The maximum atomic E-state index is 12.5. The number of rotatable bonds is 4. The number of allylic oxidation sites excluding steroid dienone is 1. The average Bonchev–Trinajstić information content (AvgIpc) is 3.15. The number of aromatic amines is 1. The lowest BCUT2D eigenvalue weighted by Gasteiger charge is -2.20. The van der Waals surface area contributed by atoms with Gasteiger partial charge in [-0.05, 0) is 37.3 Å². The van der Waals surface area contributed by atoms with Crippen LogP contribution >= 0.6 is 11.3 Å². The molecule has 1 N–H and O–H groups in total. The van der Waals surface area contributed by atoms with Crippen LogP contribution in [0, 0.1) is 6.92 Å². The summed E-state index contributed by atoms with van der Waals surface area (Å²) < 4.78 is 5.20. The van der Waals surface area contributed by atoms with Crippen molar-refractivity contribution in [2.75, 3.05) is 6.61 Å². The van der Waals surface area contributed by atoms with Crippen LogP contribution in [0.25, 0.3) is 0 Å². The average molecular weight is 329 g/mol. The minimum absolute atomic E-state index is 0.103. The highest BCUT2D eigenvalue weighted by molar-refractivity contribution is 7.10. The van der Waals surface area contributed by atoms with Gasteiger partial charge in [0, 0.05) is 28.5 Å². The molecule has 0 amide bonds. The number of nitrogens with one attached hydrogen (secondary N) is 1. The molecule has 1 atom stereocenters. The van der Waals surface area contributed by atoms with E-state index in [1.165, 1.54) is 4.88 Å². The van der Waals surface area contributed by atoms with E-state index in [1.807, 2.05) is 31.4 Å². The fourth-order valence-electron chi connectivity index (χ4n) is 3.05. The van der Waals surface area contributed by atoms with Crippen LogP contribution in [0.1, 0.15) is 56.2 Å². The van der Waals surface area contributed by atoms with Gasteiger partial charge in [0.2, 0.25) is 0 Å². The summed E-state index contributed by atoms with van der Waals surface area (Å²) in [7, 11) is 0. The van der Waals surface area contributed by atoms with Crippen molar-refractivity contribution >= 4 is 23.1 Å². The van der Waals surface area contributed by atoms with Crippen LogP contribution in [-0.2, 0) is 11.2 Å². The molecule has 0 spiro atoms. The Morgan fingerprint density at radius 3 is 3.00 bits per heavy atom. The van der Waals surface area contributed by atoms with Gasteiger partial charge in [0.15, 0.2) is 5.78 Å². The summed E-state index contributed by atoms with van der Waals surface area (Å²) in [5.74, 6) is -0.110. The van der Waals surface area contributed by atoms with E-state index >= 15 is 0 Å². The van der Waals surface area contributed by atoms with Gasteiger partial charge in [0.05, 0.1) is 0 Å². The topological polar surface area (TPSA) is 59.2 Å². The van der Waals surface area contributed by atoms with Crippen LogP contribution in [0.5, 0.6) is 0 Å². The van der Waals surface area contributed by atoms with Crippen molar-refractivity contribution in [3.8, 4) is 0 Å². The molecule has 1 aliphatic carbocycles. The van der Waals surface area contributed by atoms with Crippen molar-refractivity contribution in [3.05, 3.63) is 57.1 Å². The Bertz CT molecular complexity index is 756. The smallest absolute Gasteiger partial charge is 0.355 e. The predicted molar refractivity (Wildman–Crippen MR) is 90.3 cm³/mol. The van der Waals surface area contributed by atoms with Crippen LogP contribution in [0.2, 0.25) is 0 Å². The molecule has 1 aliphatic rings. The van der Waals surface area contributed by atoms with E-state index in [1.54, 1.807) is 17.4 Å². The molecule has 0 aliphatic heterocycles. The summed E-state index contributed by atoms with van der Waals surface area (Å²) in [6.07, 6.45) is 4.85. The van der Waals surface area contributed by atoms with E-state index in [2.05, 4.69) is 11.1 Å². The molecule has 1 unspecified atom stereocenters. The molecule has 0 fully saturated rings. The van der Waals surface area contributed by atoms with Gasteiger partial charge >= 0.3 is 5.97 Å². The molecule has 0 radical (unpaired) electrons. The van der Waals surface area contributed by atoms with Gasteiger partial charge in [-0.15, -0.1) is 11.3 Å². The van der Waals surface area contributed by atoms with Crippen LogP contribution in [0.15, 0.2) is 29.7 Å². The highest BCUT2D eigenvalue weighted by Crippen LogP contribution is 2.36. The third kappa shape index (κ3) is 3.01. The highest BCUT2D eigenvalue weighted by Gasteiger charge is 2.32.